The van der Waals surface area contributed by atoms with Crippen molar-refractivity contribution in [2.45, 2.75) is 6.92 Å². The molecule has 0 unspecified atom stereocenters. The minimum atomic E-state index is -0.900. The molecule has 1 aliphatic heterocycles. The predicted molar refractivity (Wildman–Crippen MR) is 130 cm³/mol. The molecule has 174 valence electrons. The molecule has 0 radical (unpaired) electrons. The summed E-state index contributed by atoms with van der Waals surface area (Å²) in [5.74, 6) is 0.592. The van der Waals surface area contributed by atoms with Crippen LogP contribution in [0, 0.1) is 12.3 Å². The second-order valence-electron chi connectivity index (χ2n) is 7.42. The Bertz CT molecular complexity index is 1420. The molecule has 8 nitrogen and oxygen atoms in total. The van der Waals surface area contributed by atoms with E-state index in [-0.39, 0.29) is 30.0 Å². The van der Waals surface area contributed by atoms with Crippen LogP contribution in [-0.2, 0) is 14.3 Å². The number of rotatable bonds is 6. The fourth-order valence-electron chi connectivity index (χ4n) is 3.67. The van der Waals surface area contributed by atoms with Gasteiger partial charge >= 0.3 is 12.0 Å². The van der Waals surface area contributed by atoms with E-state index in [0.29, 0.717) is 11.3 Å². The Morgan fingerprint density at radius 3 is 2.51 bits per heavy atom. The molecule has 0 aliphatic carbocycles. The number of barbiturate groups is 1. The molecule has 8 heteroatoms. The number of amides is 4. The summed E-state index contributed by atoms with van der Waals surface area (Å²) in [5.41, 5.74) is 0.656. The number of carbonyl (C=O) groups is 4. The number of esters is 1. The largest absolute Gasteiger partial charge is 0.480 e. The first-order chi connectivity index (χ1) is 16.9. The highest BCUT2D eigenvalue weighted by molar-refractivity contribution is 6.39. The van der Waals surface area contributed by atoms with E-state index in [1.54, 1.807) is 13.0 Å². The summed E-state index contributed by atoms with van der Waals surface area (Å²) in [4.78, 5) is 51.3. The van der Waals surface area contributed by atoms with Crippen molar-refractivity contribution in [3.05, 3.63) is 77.4 Å². The van der Waals surface area contributed by atoms with Crippen molar-refractivity contribution in [3.8, 4) is 18.1 Å². The molecule has 1 aliphatic rings. The second kappa shape index (κ2) is 9.93. The van der Waals surface area contributed by atoms with Crippen LogP contribution in [-0.4, -0.2) is 37.0 Å². The molecule has 0 aromatic heterocycles. The van der Waals surface area contributed by atoms with Crippen molar-refractivity contribution < 1.29 is 28.7 Å². The molecule has 1 N–H and O–H groups in total. The number of benzene rings is 3. The first-order valence-corrected chi connectivity index (χ1v) is 10.7. The van der Waals surface area contributed by atoms with Crippen molar-refractivity contribution >= 4 is 46.4 Å². The number of nitrogens with zero attached hydrogens (tertiary/aromatic N) is 1. The highest BCUT2D eigenvalue weighted by Crippen LogP contribution is 2.32. The highest BCUT2D eigenvalue weighted by atomic mass is 16.5. The molecular formula is C27H20N2O6. The molecular weight excluding hydrogens is 448 g/mol. The van der Waals surface area contributed by atoms with Gasteiger partial charge in [0, 0.05) is 5.56 Å². The van der Waals surface area contributed by atoms with Crippen molar-refractivity contribution in [1.82, 2.24) is 5.32 Å². The molecule has 4 rings (SSSR count). The Morgan fingerprint density at radius 1 is 1.06 bits per heavy atom. The van der Waals surface area contributed by atoms with Gasteiger partial charge in [0.05, 0.1) is 17.9 Å². The van der Waals surface area contributed by atoms with Gasteiger partial charge in [-0.05, 0) is 54.1 Å². The van der Waals surface area contributed by atoms with Crippen molar-refractivity contribution in [3.63, 3.8) is 0 Å². The summed E-state index contributed by atoms with van der Waals surface area (Å²) in [6.07, 6.45) is 6.72. The van der Waals surface area contributed by atoms with Crippen molar-refractivity contribution in [2.75, 3.05) is 18.1 Å². The van der Waals surface area contributed by atoms with Gasteiger partial charge in [-0.2, -0.15) is 0 Å². The van der Waals surface area contributed by atoms with Gasteiger partial charge in [0.25, 0.3) is 11.8 Å². The molecule has 3 aromatic rings. The third-order valence-electron chi connectivity index (χ3n) is 5.27. The maximum atomic E-state index is 13.3. The standard InChI is InChI=1S/C27H20N2O6/c1-3-15-35-23-14-11-17-7-5-6-8-20(17)21(23)16-22-24(30)28-27(33)29(25(22)31)19-12-9-18(10-13-19)26(32)34-4-2/h1,5-14,16H,4,15H2,2H3,(H,28,30,33)/b22-16+. The number of imide groups is 2. The molecule has 1 heterocycles. The number of ether oxygens (including phenoxy) is 2. The van der Waals surface area contributed by atoms with Crippen LogP contribution < -0.4 is 15.0 Å². The smallest absolute Gasteiger partial charge is 0.338 e. The average Bonchev–Trinajstić information content (AvgIpc) is 2.86. The molecule has 1 fully saturated rings. The summed E-state index contributed by atoms with van der Waals surface area (Å²) in [6, 6.07) is 15.8. The van der Waals surface area contributed by atoms with Gasteiger partial charge in [-0.25, -0.2) is 14.5 Å². The lowest BCUT2D eigenvalue weighted by molar-refractivity contribution is -0.122. The molecule has 0 bridgehead atoms. The SMILES string of the molecule is C#CCOc1ccc2ccccc2c1/C=C1\C(=O)NC(=O)N(c2ccc(C(=O)OCC)cc2)C1=O. The molecule has 4 amide bonds. The molecule has 0 spiro atoms. The Kier molecular flexibility index (Phi) is 6.60. The van der Waals surface area contributed by atoms with Crippen LogP contribution in [0.25, 0.3) is 16.8 Å². The molecule has 1 saturated heterocycles. The van der Waals surface area contributed by atoms with Gasteiger partial charge < -0.3 is 9.47 Å². The lowest BCUT2D eigenvalue weighted by atomic mass is 9.99. The van der Waals surface area contributed by atoms with Gasteiger partial charge in [0.15, 0.2) is 0 Å². The third-order valence-corrected chi connectivity index (χ3v) is 5.27. The van der Waals surface area contributed by atoms with Crippen LogP contribution in [0.5, 0.6) is 5.75 Å². The third kappa shape index (κ3) is 4.61. The Labute approximate surface area is 201 Å². The first-order valence-electron chi connectivity index (χ1n) is 10.7. The van der Waals surface area contributed by atoms with Crippen LogP contribution in [0.4, 0.5) is 10.5 Å². The van der Waals surface area contributed by atoms with Crippen LogP contribution in [0.3, 0.4) is 0 Å². The topological polar surface area (TPSA) is 102 Å². The summed E-state index contributed by atoms with van der Waals surface area (Å²) < 4.78 is 10.6. The lowest BCUT2D eigenvalue weighted by Gasteiger charge is -2.26. The first kappa shape index (κ1) is 23.3. The Morgan fingerprint density at radius 2 is 1.80 bits per heavy atom. The molecule has 0 atom stereocenters. The quantitative estimate of drug-likeness (QED) is 0.256. The van der Waals surface area contributed by atoms with Gasteiger partial charge in [0.2, 0.25) is 0 Å². The van der Waals surface area contributed by atoms with Crippen LogP contribution in [0.2, 0.25) is 0 Å². The number of hydrogen-bond donors (Lipinski definition) is 1. The number of terminal acetylenes is 1. The van der Waals surface area contributed by atoms with Gasteiger partial charge in [-0.1, -0.05) is 36.3 Å². The molecule has 35 heavy (non-hydrogen) atoms. The number of urea groups is 1. The zero-order chi connectivity index (χ0) is 24.9. The zero-order valence-electron chi connectivity index (χ0n) is 18.7. The van der Waals surface area contributed by atoms with E-state index in [1.165, 1.54) is 30.3 Å². The normalized spacial score (nSPS) is 14.6. The minimum absolute atomic E-state index is 0.00786. The van der Waals surface area contributed by atoms with Crippen LogP contribution in [0.15, 0.2) is 66.2 Å². The monoisotopic (exact) mass is 468 g/mol. The van der Waals surface area contributed by atoms with E-state index in [2.05, 4.69) is 11.2 Å². The predicted octanol–water partition coefficient (Wildman–Crippen LogP) is 3.69. The van der Waals surface area contributed by atoms with E-state index in [0.717, 1.165) is 15.7 Å². The lowest BCUT2D eigenvalue weighted by Crippen LogP contribution is -2.54. The Hall–Kier alpha value is -4.90. The number of anilines is 1. The average molecular weight is 468 g/mol. The van der Waals surface area contributed by atoms with E-state index in [1.807, 2.05) is 30.3 Å². The number of carbonyl (C=O) groups excluding carboxylic acids is 4. The summed E-state index contributed by atoms with van der Waals surface area (Å²) in [6.45, 7) is 1.89. The highest BCUT2D eigenvalue weighted by Gasteiger charge is 2.37. The zero-order valence-corrected chi connectivity index (χ0v) is 18.7. The summed E-state index contributed by atoms with van der Waals surface area (Å²) >= 11 is 0. The minimum Gasteiger partial charge on any atom is -0.480 e. The van der Waals surface area contributed by atoms with Crippen LogP contribution >= 0.6 is 0 Å². The van der Waals surface area contributed by atoms with Gasteiger partial charge in [-0.15, -0.1) is 6.42 Å². The summed E-state index contributed by atoms with van der Waals surface area (Å²) in [5, 5.41) is 3.78. The van der Waals surface area contributed by atoms with Crippen molar-refractivity contribution in [2.24, 2.45) is 0 Å². The number of hydrogen-bond acceptors (Lipinski definition) is 6. The van der Waals surface area contributed by atoms with E-state index >= 15 is 0 Å². The summed E-state index contributed by atoms with van der Waals surface area (Å²) in [7, 11) is 0. The van der Waals surface area contributed by atoms with Crippen LogP contribution in [0.1, 0.15) is 22.8 Å². The van der Waals surface area contributed by atoms with Gasteiger partial charge in [0.1, 0.15) is 17.9 Å². The van der Waals surface area contributed by atoms with E-state index < -0.39 is 23.8 Å². The Balaban J connectivity index is 1.76. The number of fused-ring (bicyclic) bond motifs is 1. The fourth-order valence-corrected chi connectivity index (χ4v) is 3.67. The van der Waals surface area contributed by atoms with Crippen molar-refractivity contribution in [1.29, 1.82) is 0 Å². The number of nitrogens with one attached hydrogen (secondary N) is 1. The molecule has 3 aromatic carbocycles. The second-order valence-corrected chi connectivity index (χ2v) is 7.42. The fraction of sp³-hybridized carbons (Fsp3) is 0.111. The van der Waals surface area contributed by atoms with E-state index in [4.69, 9.17) is 15.9 Å². The molecule has 0 saturated carbocycles. The maximum absolute atomic E-state index is 13.3. The maximum Gasteiger partial charge on any atom is 0.338 e. The van der Waals surface area contributed by atoms with Gasteiger partial charge in [-0.3, -0.25) is 14.9 Å². The van der Waals surface area contributed by atoms with E-state index in [9.17, 15) is 19.2 Å².